The lowest BCUT2D eigenvalue weighted by Gasteiger charge is -1.95. The van der Waals surface area contributed by atoms with E-state index >= 15 is 0 Å². The molecule has 5 nitrogen and oxygen atoms in total. The second-order valence-electron chi connectivity index (χ2n) is 2.68. The maximum atomic E-state index is 10.7. The first kappa shape index (κ1) is 12.5. The molecule has 0 rings (SSSR count). The number of hydrogen-bond donors (Lipinski definition) is 0. The third-order valence-electron chi connectivity index (χ3n) is 1.61. The van der Waals surface area contributed by atoms with E-state index in [0.29, 0.717) is 13.0 Å². The van der Waals surface area contributed by atoms with E-state index in [-0.39, 0.29) is 5.97 Å². The maximum Gasteiger partial charge on any atom is 0.305 e. The highest BCUT2D eigenvalue weighted by atomic mass is 16.5. The Morgan fingerprint density at radius 1 is 1.50 bits per heavy atom. The molecular weight excluding hydrogens is 182 g/mol. The number of ether oxygens (including phenoxy) is 1. The molecule has 0 aromatic rings. The van der Waals surface area contributed by atoms with Crippen molar-refractivity contribution in [2.75, 3.05) is 13.7 Å². The van der Waals surface area contributed by atoms with Crippen LogP contribution in [-0.4, -0.2) is 19.6 Å². The minimum absolute atomic E-state index is 0.174. The highest BCUT2D eigenvalue weighted by Crippen LogP contribution is 1.99. The van der Waals surface area contributed by atoms with Crippen LogP contribution in [0, 0.1) is 0 Å². The van der Waals surface area contributed by atoms with Crippen LogP contribution < -0.4 is 0 Å². The summed E-state index contributed by atoms with van der Waals surface area (Å²) in [4.78, 5) is 13.3. The lowest BCUT2D eigenvalue weighted by Crippen LogP contribution is -1.98. The zero-order chi connectivity index (χ0) is 10.6. The summed E-state index contributed by atoms with van der Waals surface area (Å²) in [5.74, 6) is -0.174. The van der Waals surface area contributed by atoms with Gasteiger partial charge in [0, 0.05) is 17.9 Å². The summed E-state index contributed by atoms with van der Waals surface area (Å²) in [5, 5.41) is 3.39. The number of nitrogens with zero attached hydrogens (tertiary/aromatic N) is 3. The summed E-state index contributed by atoms with van der Waals surface area (Å²) >= 11 is 0. The van der Waals surface area contributed by atoms with Crippen molar-refractivity contribution in [2.24, 2.45) is 5.11 Å². The number of rotatable bonds is 7. The van der Waals surface area contributed by atoms with Gasteiger partial charge in [-0.2, -0.15) is 0 Å². The summed E-state index contributed by atoms with van der Waals surface area (Å²) in [6, 6.07) is 0. The number of unbranched alkanes of at least 4 members (excludes halogenated alkanes) is 1. The Bertz CT molecular complexity index is 232. The number of azide groups is 1. The lowest BCUT2D eigenvalue weighted by molar-refractivity contribution is -0.140. The van der Waals surface area contributed by atoms with Gasteiger partial charge in [0.15, 0.2) is 0 Å². The Morgan fingerprint density at radius 3 is 2.86 bits per heavy atom. The van der Waals surface area contributed by atoms with Gasteiger partial charge >= 0.3 is 5.97 Å². The number of carbonyl (C=O) groups excluding carboxylic acids is 1. The quantitative estimate of drug-likeness (QED) is 0.157. The van der Waals surface area contributed by atoms with E-state index in [9.17, 15) is 4.79 Å². The van der Waals surface area contributed by atoms with Crippen molar-refractivity contribution < 1.29 is 9.53 Å². The van der Waals surface area contributed by atoms with Gasteiger partial charge in [-0.3, -0.25) is 4.79 Å². The first-order chi connectivity index (χ1) is 6.81. The molecule has 0 bridgehead atoms. The van der Waals surface area contributed by atoms with E-state index in [2.05, 4.69) is 14.8 Å². The van der Waals surface area contributed by atoms with E-state index in [1.807, 2.05) is 12.2 Å². The molecule has 0 saturated heterocycles. The van der Waals surface area contributed by atoms with Gasteiger partial charge in [0.1, 0.15) is 0 Å². The van der Waals surface area contributed by atoms with Crippen LogP contribution in [0.15, 0.2) is 17.3 Å². The van der Waals surface area contributed by atoms with E-state index in [4.69, 9.17) is 5.53 Å². The fraction of sp³-hybridized carbons (Fsp3) is 0.667. The average Bonchev–Trinajstić information content (AvgIpc) is 2.21. The van der Waals surface area contributed by atoms with Gasteiger partial charge in [0.25, 0.3) is 0 Å². The second kappa shape index (κ2) is 9.61. The molecule has 0 N–H and O–H groups in total. The topological polar surface area (TPSA) is 75.1 Å². The molecule has 0 aliphatic carbocycles. The van der Waals surface area contributed by atoms with Crippen molar-refractivity contribution in [2.45, 2.75) is 25.7 Å². The van der Waals surface area contributed by atoms with E-state index in [1.54, 1.807) is 0 Å². The minimum Gasteiger partial charge on any atom is -0.469 e. The Hall–Kier alpha value is -1.48. The maximum absolute atomic E-state index is 10.7. The molecule has 0 saturated carbocycles. The summed E-state index contributed by atoms with van der Waals surface area (Å²) < 4.78 is 4.49. The fourth-order valence-corrected chi connectivity index (χ4v) is 0.879. The standard InChI is InChI=1S/C9H15N3O2/c1-14-9(13)7-5-3-2-4-6-8-11-12-10/h2,4H,3,5-8H2,1H3/b4-2-. The fourth-order valence-electron chi connectivity index (χ4n) is 0.879. The van der Waals surface area contributed by atoms with Gasteiger partial charge < -0.3 is 4.74 Å². The molecule has 0 fully saturated rings. The van der Waals surface area contributed by atoms with Crippen LogP contribution in [0.4, 0.5) is 0 Å². The first-order valence-corrected chi connectivity index (χ1v) is 4.54. The molecule has 0 atom stereocenters. The molecule has 0 aliphatic rings. The SMILES string of the molecule is COC(=O)CCC/C=C\CCN=[N+]=[N-]. The van der Waals surface area contributed by atoms with Gasteiger partial charge in [0.2, 0.25) is 0 Å². The predicted molar refractivity (Wildman–Crippen MR) is 53.6 cm³/mol. The van der Waals surface area contributed by atoms with Crippen LogP contribution in [0.2, 0.25) is 0 Å². The molecule has 0 aromatic carbocycles. The Kier molecular flexibility index (Phi) is 8.59. The van der Waals surface area contributed by atoms with E-state index in [1.165, 1.54) is 7.11 Å². The minimum atomic E-state index is -0.174. The van der Waals surface area contributed by atoms with Crippen LogP contribution in [0.5, 0.6) is 0 Å². The monoisotopic (exact) mass is 197 g/mol. The Morgan fingerprint density at radius 2 is 2.21 bits per heavy atom. The summed E-state index contributed by atoms with van der Waals surface area (Å²) in [6.45, 7) is 0.490. The molecule has 0 spiro atoms. The van der Waals surface area contributed by atoms with Crippen LogP contribution in [-0.2, 0) is 9.53 Å². The summed E-state index contributed by atoms with van der Waals surface area (Å²) in [6.07, 6.45) is 6.79. The number of allylic oxidation sites excluding steroid dienone is 1. The van der Waals surface area contributed by atoms with Crippen molar-refractivity contribution in [3.8, 4) is 0 Å². The van der Waals surface area contributed by atoms with Crippen LogP contribution in [0.1, 0.15) is 25.7 Å². The van der Waals surface area contributed by atoms with Gasteiger partial charge in [-0.1, -0.05) is 17.3 Å². The van der Waals surface area contributed by atoms with Crippen molar-refractivity contribution in [1.29, 1.82) is 0 Å². The Balaban J connectivity index is 3.26. The molecule has 5 heteroatoms. The number of carbonyl (C=O) groups is 1. The van der Waals surface area contributed by atoms with Gasteiger partial charge in [0.05, 0.1) is 7.11 Å². The first-order valence-electron chi connectivity index (χ1n) is 4.54. The largest absolute Gasteiger partial charge is 0.469 e. The van der Waals surface area contributed by atoms with Crippen molar-refractivity contribution in [1.82, 2.24) is 0 Å². The molecule has 0 aliphatic heterocycles. The van der Waals surface area contributed by atoms with Crippen molar-refractivity contribution >= 4 is 5.97 Å². The normalized spacial score (nSPS) is 9.79. The second-order valence-corrected chi connectivity index (χ2v) is 2.68. The molecule has 0 unspecified atom stereocenters. The Labute approximate surface area is 83.4 Å². The lowest BCUT2D eigenvalue weighted by atomic mass is 10.2. The molecule has 78 valence electrons. The van der Waals surface area contributed by atoms with Gasteiger partial charge in [-0.25, -0.2) is 0 Å². The van der Waals surface area contributed by atoms with Crippen molar-refractivity contribution in [3.05, 3.63) is 22.6 Å². The summed E-state index contributed by atoms with van der Waals surface area (Å²) in [7, 11) is 1.39. The molecule has 0 aromatic heterocycles. The zero-order valence-corrected chi connectivity index (χ0v) is 8.35. The molecular formula is C9H15N3O2. The number of hydrogen-bond acceptors (Lipinski definition) is 3. The third kappa shape index (κ3) is 8.62. The average molecular weight is 197 g/mol. The number of methoxy groups -OCH3 is 1. The van der Waals surface area contributed by atoms with E-state index < -0.39 is 0 Å². The molecule has 0 radical (unpaired) electrons. The highest BCUT2D eigenvalue weighted by Gasteiger charge is 1.96. The van der Waals surface area contributed by atoms with E-state index in [0.717, 1.165) is 19.3 Å². The van der Waals surface area contributed by atoms with Gasteiger partial charge in [-0.05, 0) is 24.8 Å². The number of esters is 1. The van der Waals surface area contributed by atoms with Crippen molar-refractivity contribution in [3.63, 3.8) is 0 Å². The van der Waals surface area contributed by atoms with Crippen LogP contribution in [0.3, 0.4) is 0 Å². The summed E-state index contributed by atoms with van der Waals surface area (Å²) in [5.41, 5.74) is 7.98. The van der Waals surface area contributed by atoms with Crippen LogP contribution in [0.25, 0.3) is 10.4 Å². The predicted octanol–water partition coefficient (Wildman–Crippen LogP) is 2.59. The highest BCUT2D eigenvalue weighted by molar-refractivity contribution is 5.68. The zero-order valence-electron chi connectivity index (χ0n) is 8.35. The third-order valence-corrected chi connectivity index (χ3v) is 1.61. The molecule has 0 heterocycles. The molecule has 14 heavy (non-hydrogen) atoms. The smallest absolute Gasteiger partial charge is 0.305 e. The molecule has 0 amide bonds. The van der Waals surface area contributed by atoms with Crippen LogP contribution >= 0.6 is 0 Å². The van der Waals surface area contributed by atoms with Gasteiger partial charge in [-0.15, -0.1) is 0 Å².